The Hall–Kier alpha value is -1.56. The summed E-state index contributed by atoms with van der Waals surface area (Å²) in [6, 6.07) is 6.42. The maximum absolute atomic E-state index is 11.3. The molecule has 1 fully saturated rings. The average molecular weight is 241 g/mol. The molecular weight excluding hydrogens is 230 g/mol. The normalized spacial score (nSPS) is 20.3. The molecule has 6 heteroatoms. The van der Waals surface area contributed by atoms with Crippen molar-refractivity contribution in [3.8, 4) is 0 Å². The Labute approximate surface area is 93.3 Å². The molecule has 5 nitrogen and oxygen atoms in total. The van der Waals surface area contributed by atoms with E-state index < -0.39 is 22.0 Å². The first-order valence-electron chi connectivity index (χ1n) is 4.71. The minimum atomic E-state index is -3.23. The van der Waals surface area contributed by atoms with Crippen LogP contribution in [0, 0.1) is 0 Å². The Kier molecular flexibility index (Phi) is 2.59. The first kappa shape index (κ1) is 10.9. The number of alkyl carbamates (subject to hydrolysis) is 1. The quantitative estimate of drug-likeness (QED) is 0.834. The largest absolute Gasteiger partial charge is 0.439 e. The van der Waals surface area contributed by atoms with Gasteiger partial charge in [0.25, 0.3) is 0 Å². The average Bonchev–Trinajstić information content (AvgIpc) is 2.64. The van der Waals surface area contributed by atoms with Gasteiger partial charge in [0.1, 0.15) is 6.10 Å². The van der Waals surface area contributed by atoms with Crippen molar-refractivity contribution in [2.75, 3.05) is 12.8 Å². The van der Waals surface area contributed by atoms with E-state index in [9.17, 15) is 13.2 Å². The van der Waals surface area contributed by atoms with Crippen LogP contribution in [0.25, 0.3) is 0 Å². The first-order valence-corrected chi connectivity index (χ1v) is 6.60. The van der Waals surface area contributed by atoms with Crippen LogP contribution < -0.4 is 5.32 Å². The Morgan fingerprint density at radius 1 is 1.44 bits per heavy atom. The van der Waals surface area contributed by atoms with Gasteiger partial charge in [0.05, 0.1) is 11.4 Å². The third kappa shape index (κ3) is 2.16. The minimum Gasteiger partial charge on any atom is -0.439 e. The molecule has 1 aliphatic rings. The summed E-state index contributed by atoms with van der Waals surface area (Å²) >= 11 is 0. The van der Waals surface area contributed by atoms with Crippen LogP contribution in [0.4, 0.5) is 4.79 Å². The van der Waals surface area contributed by atoms with E-state index in [4.69, 9.17) is 4.74 Å². The monoisotopic (exact) mass is 241 g/mol. The van der Waals surface area contributed by atoms with Crippen molar-refractivity contribution < 1.29 is 17.9 Å². The summed E-state index contributed by atoms with van der Waals surface area (Å²) in [5, 5.41) is 2.52. The summed E-state index contributed by atoms with van der Waals surface area (Å²) in [6.45, 7) is 0.367. The van der Waals surface area contributed by atoms with Crippen molar-refractivity contribution in [1.29, 1.82) is 0 Å². The van der Waals surface area contributed by atoms with Crippen LogP contribution >= 0.6 is 0 Å². The molecule has 0 bridgehead atoms. The van der Waals surface area contributed by atoms with Crippen molar-refractivity contribution in [3.63, 3.8) is 0 Å². The second-order valence-corrected chi connectivity index (χ2v) is 5.64. The molecular formula is C10H11NO4S. The highest BCUT2D eigenvalue weighted by Crippen LogP contribution is 2.23. The summed E-state index contributed by atoms with van der Waals surface area (Å²) in [6.07, 6.45) is 0.259. The van der Waals surface area contributed by atoms with Gasteiger partial charge in [-0.2, -0.15) is 0 Å². The SMILES string of the molecule is CS(=O)(=O)c1cccc(C2CNC(=O)O2)c1. The molecule has 2 rings (SSSR count). The summed E-state index contributed by atoms with van der Waals surface area (Å²) in [5.74, 6) is 0. The fourth-order valence-corrected chi connectivity index (χ4v) is 2.20. The summed E-state index contributed by atoms with van der Waals surface area (Å²) in [7, 11) is -3.23. The Morgan fingerprint density at radius 3 is 2.75 bits per heavy atom. The zero-order valence-electron chi connectivity index (χ0n) is 8.64. The molecule has 1 unspecified atom stereocenters. The number of nitrogens with one attached hydrogen (secondary N) is 1. The number of benzene rings is 1. The number of carbonyl (C=O) groups is 1. The molecule has 86 valence electrons. The molecule has 1 atom stereocenters. The van der Waals surface area contributed by atoms with Gasteiger partial charge in [-0.25, -0.2) is 13.2 Å². The predicted molar refractivity (Wildman–Crippen MR) is 56.8 cm³/mol. The Bertz CT molecular complexity index is 523. The maximum Gasteiger partial charge on any atom is 0.407 e. The van der Waals surface area contributed by atoms with Crippen LogP contribution in [0.1, 0.15) is 11.7 Å². The lowest BCUT2D eigenvalue weighted by molar-refractivity contribution is 0.141. The van der Waals surface area contributed by atoms with E-state index in [0.717, 1.165) is 6.26 Å². The molecule has 0 saturated carbocycles. The van der Waals surface area contributed by atoms with Crippen molar-refractivity contribution in [2.24, 2.45) is 0 Å². The predicted octanol–water partition coefficient (Wildman–Crippen LogP) is 0.871. The lowest BCUT2D eigenvalue weighted by atomic mass is 10.1. The minimum absolute atomic E-state index is 0.230. The summed E-state index contributed by atoms with van der Waals surface area (Å²) in [5.41, 5.74) is 0.682. The topological polar surface area (TPSA) is 72.5 Å². The number of amides is 1. The highest BCUT2D eigenvalue weighted by atomic mass is 32.2. The number of ether oxygens (including phenoxy) is 1. The zero-order chi connectivity index (χ0) is 11.8. The second kappa shape index (κ2) is 3.79. The van der Waals surface area contributed by atoms with Crippen molar-refractivity contribution in [2.45, 2.75) is 11.0 Å². The number of carbonyl (C=O) groups excluding carboxylic acids is 1. The van der Waals surface area contributed by atoms with Gasteiger partial charge in [-0.3, -0.25) is 0 Å². The van der Waals surface area contributed by atoms with E-state index >= 15 is 0 Å². The molecule has 1 aromatic carbocycles. The molecule has 16 heavy (non-hydrogen) atoms. The maximum atomic E-state index is 11.3. The van der Waals surface area contributed by atoms with Gasteiger partial charge >= 0.3 is 6.09 Å². The Morgan fingerprint density at radius 2 is 2.19 bits per heavy atom. The van der Waals surface area contributed by atoms with E-state index in [1.165, 1.54) is 12.1 Å². The lowest BCUT2D eigenvalue weighted by Gasteiger charge is -2.08. The van der Waals surface area contributed by atoms with Crippen LogP contribution in [-0.2, 0) is 14.6 Å². The fourth-order valence-electron chi connectivity index (χ4n) is 1.52. The second-order valence-electron chi connectivity index (χ2n) is 3.62. The fraction of sp³-hybridized carbons (Fsp3) is 0.300. The van der Waals surface area contributed by atoms with Gasteiger partial charge in [-0.15, -0.1) is 0 Å². The van der Waals surface area contributed by atoms with Gasteiger partial charge in [0.2, 0.25) is 0 Å². The number of cyclic esters (lactones) is 1. The molecule has 1 amide bonds. The number of hydrogen-bond acceptors (Lipinski definition) is 4. The van der Waals surface area contributed by atoms with Gasteiger partial charge < -0.3 is 10.1 Å². The number of hydrogen-bond donors (Lipinski definition) is 1. The number of sulfone groups is 1. The number of rotatable bonds is 2. The molecule has 1 aromatic rings. The Balaban J connectivity index is 2.33. The van der Waals surface area contributed by atoms with E-state index in [1.54, 1.807) is 12.1 Å². The highest BCUT2D eigenvalue weighted by molar-refractivity contribution is 7.90. The molecule has 1 heterocycles. The molecule has 1 saturated heterocycles. The molecule has 0 aromatic heterocycles. The zero-order valence-corrected chi connectivity index (χ0v) is 9.45. The van der Waals surface area contributed by atoms with Crippen molar-refractivity contribution in [3.05, 3.63) is 29.8 Å². The molecule has 0 aliphatic carbocycles. The van der Waals surface area contributed by atoms with E-state index in [2.05, 4.69) is 5.32 Å². The van der Waals surface area contributed by atoms with Gasteiger partial charge in [-0.1, -0.05) is 12.1 Å². The standard InChI is InChI=1S/C10H11NO4S/c1-16(13,14)8-4-2-3-7(5-8)9-6-11-10(12)15-9/h2-5,9H,6H2,1H3,(H,11,12). The first-order chi connectivity index (χ1) is 7.47. The van der Waals surface area contributed by atoms with Gasteiger partial charge in [0, 0.05) is 6.26 Å². The third-order valence-electron chi connectivity index (χ3n) is 2.34. The van der Waals surface area contributed by atoms with E-state index in [1.807, 2.05) is 0 Å². The molecule has 1 aliphatic heterocycles. The van der Waals surface area contributed by atoms with Gasteiger partial charge in [-0.05, 0) is 17.7 Å². The lowest BCUT2D eigenvalue weighted by Crippen LogP contribution is -2.12. The van der Waals surface area contributed by atoms with Crippen molar-refractivity contribution >= 4 is 15.9 Å². The molecule has 1 N–H and O–H groups in total. The van der Waals surface area contributed by atoms with E-state index in [-0.39, 0.29) is 4.90 Å². The van der Waals surface area contributed by atoms with Crippen molar-refractivity contribution in [1.82, 2.24) is 5.32 Å². The smallest absolute Gasteiger partial charge is 0.407 e. The van der Waals surface area contributed by atoms with Gasteiger partial charge in [0.15, 0.2) is 9.84 Å². The molecule has 0 radical (unpaired) electrons. The summed E-state index contributed by atoms with van der Waals surface area (Å²) in [4.78, 5) is 11.1. The van der Waals surface area contributed by atoms with Crippen LogP contribution in [0.3, 0.4) is 0 Å². The van der Waals surface area contributed by atoms with Crippen LogP contribution in [0.2, 0.25) is 0 Å². The van der Waals surface area contributed by atoms with Crippen LogP contribution in [-0.4, -0.2) is 27.3 Å². The van der Waals surface area contributed by atoms with E-state index in [0.29, 0.717) is 12.1 Å². The van der Waals surface area contributed by atoms with Crippen LogP contribution in [0.5, 0.6) is 0 Å². The van der Waals surface area contributed by atoms with Crippen LogP contribution in [0.15, 0.2) is 29.2 Å². The molecule has 0 spiro atoms. The highest BCUT2D eigenvalue weighted by Gasteiger charge is 2.24. The summed E-state index contributed by atoms with van der Waals surface area (Å²) < 4.78 is 27.7. The third-order valence-corrected chi connectivity index (χ3v) is 3.45.